The summed E-state index contributed by atoms with van der Waals surface area (Å²) in [4.78, 5) is 4.38. The van der Waals surface area contributed by atoms with E-state index in [4.69, 9.17) is 14.3 Å². The van der Waals surface area contributed by atoms with Crippen LogP contribution in [-0.4, -0.2) is 21.7 Å². The Kier molecular flexibility index (Phi) is 2.89. The second-order valence-electron chi connectivity index (χ2n) is 4.88. The summed E-state index contributed by atoms with van der Waals surface area (Å²) in [5.41, 5.74) is 4.49. The zero-order chi connectivity index (χ0) is 14.9. The van der Waals surface area contributed by atoms with E-state index in [2.05, 4.69) is 4.98 Å². The Morgan fingerprint density at radius 2 is 2.05 bits per heavy atom. The summed E-state index contributed by atoms with van der Waals surface area (Å²) in [6.45, 7) is 0. The second kappa shape index (κ2) is 5.04. The number of benzene rings is 1. The van der Waals surface area contributed by atoms with Gasteiger partial charge in [0.2, 0.25) is 0 Å². The zero-order valence-corrected chi connectivity index (χ0v) is 11.9. The average molecular weight is 291 g/mol. The van der Waals surface area contributed by atoms with Gasteiger partial charge in [-0.05, 0) is 30.3 Å². The first-order valence-electron chi connectivity index (χ1n) is 6.87. The zero-order valence-electron chi connectivity index (χ0n) is 11.9. The predicted molar refractivity (Wildman–Crippen MR) is 82.7 cm³/mol. The van der Waals surface area contributed by atoms with Crippen molar-refractivity contribution in [2.24, 2.45) is 0 Å². The smallest absolute Gasteiger partial charge is 0.154 e. The number of imidazole rings is 1. The van der Waals surface area contributed by atoms with Crippen molar-refractivity contribution in [2.75, 3.05) is 7.11 Å². The molecular weight excluding hydrogens is 278 g/mol. The summed E-state index contributed by atoms with van der Waals surface area (Å²) in [7, 11) is 1.66. The van der Waals surface area contributed by atoms with Gasteiger partial charge in [-0.25, -0.2) is 9.50 Å². The van der Waals surface area contributed by atoms with Crippen LogP contribution in [0.2, 0.25) is 0 Å². The average Bonchev–Trinajstić information content (AvgIpc) is 3.23. The number of nitrogens with zero attached hydrogens (tertiary/aromatic N) is 3. The van der Waals surface area contributed by atoms with Gasteiger partial charge in [0.15, 0.2) is 5.65 Å². The lowest BCUT2D eigenvalue weighted by Gasteiger charge is -2.05. The summed E-state index contributed by atoms with van der Waals surface area (Å²) >= 11 is 0. The molecule has 108 valence electrons. The van der Waals surface area contributed by atoms with E-state index in [1.54, 1.807) is 25.8 Å². The largest absolute Gasteiger partial charge is 0.497 e. The number of hydrogen-bond acceptors (Lipinski definition) is 4. The fourth-order valence-electron chi connectivity index (χ4n) is 2.42. The van der Waals surface area contributed by atoms with Gasteiger partial charge in [-0.1, -0.05) is 12.1 Å². The normalized spacial score (nSPS) is 11.0. The molecule has 0 atom stereocenters. The number of fused-ring (bicyclic) bond motifs is 1. The molecule has 0 radical (unpaired) electrons. The van der Waals surface area contributed by atoms with Crippen molar-refractivity contribution in [3.63, 3.8) is 0 Å². The third kappa shape index (κ3) is 2.03. The van der Waals surface area contributed by atoms with Gasteiger partial charge < -0.3 is 9.15 Å². The van der Waals surface area contributed by atoms with Gasteiger partial charge in [-0.3, -0.25) is 0 Å². The minimum absolute atomic E-state index is 0.794. The topological polar surface area (TPSA) is 52.6 Å². The third-order valence-corrected chi connectivity index (χ3v) is 3.54. The van der Waals surface area contributed by atoms with Gasteiger partial charge in [0.25, 0.3) is 0 Å². The summed E-state index contributed by atoms with van der Waals surface area (Å²) in [5.74, 6) is 0.806. The highest BCUT2D eigenvalue weighted by molar-refractivity contribution is 5.66. The van der Waals surface area contributed by atoms with E-state index in [-0.39, 0.29) is 0 Å². The molecule has 0 bridgehead atoms. The molecule has 0 aliphatic carbocycles. The first-order valence-corrected chi connectivity index (χ1v) is 6.87. The Morgan fingerprint density at radius 3 is 2.86 bits per heavy atom. The highest BCUT2D eigenvalue weighted by Gasteiger charge is 2.10. The molecule has 0 fully saturated rings. The standard InChI is InChI=1S/C17H13N3O2/c1-21-14-4-2-3-12(9-14)15-5-6-17-18-10-16(20(17)19-15)13-7-8-22-11-13/h2-11H,1H3. The third-order valence-electron chi connectivity index (χ3n) is 3.54. The maximum Gasteiger partial charge on any atom is 0.154 e. The number of hydrogen-bond donors (Lipinski definition) is 0. The molecule has 0 unspecified atom stereocenters. The molecule has 4 rings (SSSR count). The van der Waals surface area contributed by atoms with Crippen LogP contribution >= 0.6 is 0 Å². The van der Waals surface area contributed by atoms with E-state index < -0.39 is 0 Å². The number of furan rings is 1. The molecule has 0 N–H and O–H groups in total. The highest BCUT2D eigenvalue weighted by Crippen LogP contribution is 2.25. The quantitative estimate of drug-likeness (QED) is 0.578. The molecule has 3 aromatic heterocycles. The molecule has 1 aromatic carbocycles. The van der Waals surface area contributed by atoms with E-state index >= 15 is 0 Å². The number of aromatic nitrogens is 3. The Labute approximate surface area is 126 Å². The second-order valence-corrected chi connectivity index (χ2v) is 4.88. The SMILES string of the molecule is COc1cccc(-c2ccc3ncc(-c4ccoc4)n3n2)c1. The van der Waals surface area contributed by atoms with Gasteiger partial charge in [-0.2, -0.15) is 5.10 Å². The molecule has 0 saturated carbocycles. The first kappa shape index (κ1) is 12.6. The van der Waals surface area contributed by atoms with E-state index in [0.717, 1.165) is 33.9 Å². The molecule has 0 aliphatic rings. The molecule has 0 saturated heterocycles. The van der Waals surface area contributed by atoms with Crippen LogP contribution < -0.4 is 4.74 Å². The fourth-order valence-corrected chi connectivity index (χ4v) is 2.42. The Bertz CT molecular complexity index is 926. The highest BCUT2D eigenvalue weighted by atomic mass is 16.5. The predicted octanol–water partition coefficient (Wildman–Crippen LogP) is 3.66. The van der Waals surface area contributed by atoms with Crippen LogP contribution in [-0.2, 0) is 0 Å². The summed E-state index contributed by atoms with van der Waals surface area (Å²) in [6, 6.07) is 13.6. The van der Waals surface area contributed by atoms with Crippen LogP contribution in [0.4, 0.5) is 0 Å². The number of ether oxygens (including phenoxy) is 1. The van der Waals surface area contributed by atoms with Crippen molar-refractivity contribution in [1.82, 2.24) is 14.6 Å². The Hall–Kier alpha value is -3.08. The summed E-state index contributed by atoms with van der Waals surface area (Å²) in [6.07, 6.45) is 5.12. The van der Waals surface area contributed by atoms with Crippen molar-refractivity contribution in [3.8, 4) is 28.3 Å². The maximum atomic E-state index is 5.27. The van der Waals surface area contributed by atoms with E-state index in [1.165, 1.54) is 0 Å². The molecule has 3 heterocycles. The molecule has 0 spiro atoms. The Morgan fingerprint density at radius 1 is 1.09 bits per heavy atom. The van der Waals surface area contributed by atoms with E-state index in [9.17, 15) is 0 Å². The summed E-state index contributed by atoms with van der Waals surface area (Å²) in [5, 5.41) is 4.69. The van der Waals surface area contributed by atoms with Gasteiger partial charge >= 0.3 is 0 Å². The molecular formula is C17H13N3O2. The minimum atomic E-state index is 0.794. The molecule has 4 aromatic rings. The van der Waals surface area contributed by atoms with Crippen LogP contribution in [0.25, 0.3) is 28.2 Å². The van der Waals surface area contributed by atoms with Crippen LogP contribution in [0.3, 0.4) is 0 Å². The number of rotatable bonds is 3. The van der Waals surface area contributed by atoms with E-state index in [0.29, 0.717) is 0 Å². The van der Waals surface area contributed by atoms with Gasteiger partial charge in [0, 0.05) is 11.1 Å². The molecule has 5 heteroatoms. The minimum Gasteiger partial charge on any atom is -0.497 e. The maximum absolute atomic E-state index is 5.27. The van der Waals surface area contributed by atoms with Crippen molar-refractivity contribution < 1.29 is 9.15 Å². The summed E-state index contributed by atoms with van der Waals surface area (Å²) < 4.78 is 12.2. The number of methoxy groups -OCH3 is 1. The lowest BCUT2D eigenvalue weighted by molar-refractivity contribution is 0.415. The van der Waals surface area contributed by atoms with Crippen molar-refractivity contribution in [2.45, 2.75) is 0 Å². The fraction of sp³-hybridized carbons (Fsp3) is 0.0588. The molecule has 0 aliphatic heterocycles. The van der Waals surface area contributed by atoms with Gasteiger partial charge in [0.05, 0.1) is 37.2 Å². The molecule has 0 amide bonds. The lowest BCUT2D eigenvalue weighted by Crippen LogP contribution is -1.96. The first-order chi connectivity index (χ1) is 10.8. The molecule has 5 nitrogen and oxygen atoms in total. The lowest BCUT2D eigenvalue weighted by atomic mass is 10.1. The van der Waals surface area contributed by atoms with Crippen LogP contribution in [0.15, 0.2) is 65.6 Å². The van der Waals surface area contributed by atoms with Crippen molar-refractivity contribution in [1.29, 1.82) is 0 Å². The van der Waals surface area contributed by atoms with Crippen molar-refractivity contribution in [3.05, 3.63) is 61.2 Å². The van der Waals surface area contributed by atoms with Crippen LogP contribution in [0.5, 0.6) is 5.75 Å². The Balaban J connectivity index is 1.87. The van der Waals surface area contributed by atoms with Crippen molar-refractivity contribution >= 4 is 5.65 Å². The molecule has 22 heavy (non-hydrogen) atoms. The van der Waals surface area contributed by atoms with Gasteiger partial charge in [0.1, 0.15) is 5.75 Å². The van der Waals surface area contributed by atoms with E-state index in [1.807, 2.05) is 47.0 Å². The van der Waals surface area contributed by atoms with Crippen LogP contribution in [0.1, 0.15) is 0 Å². The van der Waals surface area contributed by atoms with Gasteiger partial charge in [-0.15, -0.1) is 0 Å². The monoisotopic (exact) mass is 291 g/mol. The van der Waals surface area contributed by atoms with Crippen LogP contribution in [0, 0.1) is 0 Å².